The molecule has 180 valence electrons. The molecule has 0 spiro atoms. The molecule has 4 aromatic rings. The molecule has 0 radical (unpaired) electrons. The van der Waals surface area contributed by atoms with Gasteiger partial charge in [-0.25, -0.2) is 4.98 Å². The first-order chi connectivity index (χ1) is 16.9. The van der Waals surface area contributed by atoms with Gasteiger partial charge in [-0.05, 0) is 70.1 Å². The van der Waals surface area contributed by atoms with Gasteiger partial charge in [0.25, 0.3) is 0 Å². The number of nitrogens with one attached hydrogen (secondary N) is 2. The molecule has 0 fully saturated rings. The van der Waals surface area contributed by atoms with E-state index < -0.39 is 0 Å². The van der Waals surface area contributed by atoms with Gasteiger partial charge in [0.1, 0.15) is 11.3 Å². The third kappa shape index (κ3) is 5.07. The van der Waals surface area contributed by atoms with Crippen molar-refractivity contribution in [3.05, 3.63) is 58.5 Å². The Bertz CT molecular complexity index is 1400. The molecule has 8 nitrogen and oxygen atoms in total. The maximum Gasteiger partial charge on any atom is 0.229 e. The molecule has 2 aromatic heterocycles. The zero-order valence-electron chi connectivity index (χ0n) is 19.7. The molecule has 0 amide bonds. The minimum atomic E-state index is 0.517. The first-order valence-corrected chi connectivity index (χ1v) is 13.7. The van der Waals surface area contributed by atoms with Crippen LogP contribution in [0.3, 0.4) is 0 Å². The lowest BCUT2D eigenvalue weighted by Gasteiger charge is -2.26. The summed E-state index contributed by atoms with van der Waals surface area (Å²) >= 11 is 5.20. The number of aromatic nitrogens is 4. The summed E-state index contributed by atoms with van der Waals surface area (Å²) in [5.74, 6) is 1.17. The molecule has 5 rings (SSSR count). The summed E-state index contributed by atoms with van der Waals surface area (Å²) in [6, 6.07) is 8.41. The van der Waals surface area contributed by atoms with Crippen molar-refractivity contribution < 1.29 is 0 Å². The molecule has 0 aliphatic carbocycles. The predicted octanol–water partition coefficient (Wildman–Crippen LogP) is 4.87. The normalized spacial score (nSPS) is 13.5. The molecule has 3 heterocycles. The van der Waals surface area contributed by atoms with E-state index in [-0.39, 0.29) is 0 Å². The third-order valence-electron chi connectivity index (χ3n) is 6.02. The summed E-state index contributed by atoms with van der Waals surface area (Å²) in [6.07, 6.45) is 8.27. The average molecular weight is 569 g/mol. The monoisotopic (exact) mass is 568 g/mol. The minimum absolute atomic E-state index is 0.517. The number of halogens is 1. The van der Waals surface area contributed by atoms with E-state index in [1.165, 1.54) is 11.1 Å². The maximum absolute atomic E-state index is 4.78. The molecule has 0 saturated heterocycles. The lowest BCUT2D eigenvalue weighted by molar-refractivity contribution is 0.313. The molecule has 1 aliphatic rings. The van der Waals surface area contributed by atoms with E-state index in [9.17, 15) is 0 Å². The summed E-state index contributed by atoms with van der Waals surface area (Å²) < 4.78 is 2.83. The molecule has 11 heteroatoms. The van der Waals surface area contributed by atoms with Crippen LogP contribution in [0.2, 0.25) is 0 Å². The van der Waals surface area contributed by atoms with E-state index in [1.807, 2.05) is 25.4 Å². The first kappa shape index (κ1) is 24.2. The molecule has 2 N–H and O–H groups in total. The number of hydrogen-bond donors (Lipinski definition) is 2. The Morgan fingerprint density at radius 1 is 1.09 bits per heavy atom. The van der Waals surface area contributed by atoms with Crippen LogP contribution in [0, 0.1) is 0 Å². The maximum atomic E-state index is 4.78. The largest absolute Gasteiger partial charge is 0.337 e. The Balaban J connectivity index is 1.48. The summed E-state index contributed by atoms with van der Waals surface area (Å²) in [7, 11) is 6.99. The molecule has 0 bridgehead atoms. The minimum Gasteiger partial charge on any atom is -0.337 e. The van der Waals surface area contributed by atoms with Gasteiger partial charge in [-0.15, -0.1) is 9.24 Å². The highest BCUT2D eigenvalue weighted by atomic mass is 79.9. The first-order valence-electron chi connectivity index (χ1n) is 11.1. The van der Waals surface area contributed by atoms with Crippen molar-refractivity contribution in [2.75, 3.05) is 41.8 Å². The number of hydrogen-bond acceptors (Lipinski definition) is 9. The highest BCUT2D eigenvalue weighted by Gasteiger charge is 2.18. The van der Waals surface area contributed by atoms with Gasteiger partial charge in [0.2, 0.25) is 5.95 Å². The summed E-state index contributed by atoms with van der Waals surface area (Å²) in [5.41, 5.74) is 7.21. The van der Waals surface area contributed by atoms with E-state index in [1.54, 1.807) is 30.5 Å². The highest BCUT2D eigenvalue weighted by molar-refractivity contribution is 9.10. The van der Waals surface area contributed by atoms with E-state index in [0.717, 1.165) is 57.4 Å². The van der Waals surface area contributed by atoms with E-state index in [2.05, 4.69) is 79.1 Å². The molecule has 1 unspecified atom stereocenters. The van der Waals surface area contributed by atoms with Crippen molar-refractivity contribution in [1.82, 2.24) is 24.8 Å². The Hall–Kier alpha value is -2.52. The summed E-state index contributed by atoms with van der Waals surface area (Å²) in [5, 5.41) is 7.98. The van der Waals surface area contributed by atoms with Gasteiger partial charge in [0, 0.05) is 50.7 Å². The van der Waals surface area contributed by atoms with Crippen LogP contribution in [0.1, 0.15) is 11.1 Å². The number of fused-ring (bicyclic) bond motifs is 2. The fourth-order valence-corrected chi connectivity index (χ4v) is 5.19. The van der Waals surface area contributed by atoms with Gasteiger partial charge in [-0.2, -0.15) is 4.98 Å². The number of rotatable bonds is 6. The van der Waals surface area contributed by atoms with Crippen molar-refractivity contribution in [2.24, 2.45) is 0 Å². The fraction of sp³-hybridized carbons (Fsp3) is 0.250. The van der Waals surface area contributed by atoms with Crippen LogP contribution >= 0.6 is 37.1 Å². The van der Waals surface area contributed by atoms with Crippen molar-refractivity contribution in [3.8, 4) is 0 Å². The Labute approximate surface area is 219 Å². The van der Waals surface area contributed by atoms with Crippen molar-refractivity contribution in [1.29, 1.82) is 0 Å². The molecule has 1 atom stereocenters. The average Bonchev–Trinajstić information content (AvgIpc) is 2.86. The van der Waals surface area contributed by atoms with Crippen LogP contribution in [0.15, 0.2) is 47.3 Å². The van der Waals surface area contributed by atoms with E-state index in [4.69, 9.17) is 4.98 Å². The van der Waals surface area contributed by atoms with Gasteiger partial charge < -0.3 is 19.8 Å². The number of nitrogens with zero attached hydrogens (tertiary/aromatic N) is 6. The van der Waals surface area contributed by atoms with Crippen LogP contribution in [0.4, 0.5) is 28.8 Å². The van der Waals surface area contributed by atoms with E-state index >= 15 is 0 Å². The van der Waals surface area contributed by atoms with Crippen LogP contribution in [-0.2, 0) is 13.0 Å². The predicted molar refractivity (Wildman–Crippen MR) is 154 cm³/mol. The van der Waals surface area contributed by atoms with Crippen LogP contribution in [0.25, 0.3) is 11.0 Å². The summed E-state index contributed by atoms with van der Waals surface area (Å²) in [4.78, 5) is 20.6. The highest BCUT2D eigenvalue weighted by Crippen LogP contribution is 2.37. The van der Waals surface area contributed by atoms with Gasteiger partial charge in [-0.3, -0.25) is 9.97 Å². The SMILES string of the molecule is CSN(C)c1c(Nc2nc(Nc3cc4c(cc3P)CCN(C)C4)ncc2Br)ccc2nccnc12. The third-order valence-corrected chi connectivity index (χ3v) is 7.81. The van der Waals surface area contributed by atoms with E-state index in [0.29, 0.717) is 11.8 Å². The van der Waals surface area contributed by atoms with Gasteiger partial charge in [-0.1, -0.05) is 11.9 Å². The quantitative estimate of drug-likeness (QED) is 0.250. The summed E-state index contributed by atoms with van der Waals surface area (Å²) in [6.45, 7) is 2.03. The Morgan fingerprint density at radius 2 is 1.91 bits per heavy atom. The zero-order chi connectivity index (χ0) is 24.5. The molecule has 2 aromatic carbocycles. The molecular formula is C24H26BrN8PS. The Morgan fingerprint density at radius 3 is 2.74 bits per heavy atom. The number of likely N-dealkylation sites (N-methyl/N-ethyl adjacent to an activating group) is 1. The smallest absolute Gasteiger partial charge is 0.229 e. The van der Waals surface area contributed by atoms with Gasteiger partial charge in [0.15, 0.2) is 0 Å². The molecule has 1 aliphatic heterocycles. The van der Waals surface area contributed by atoms with Crippen molar-refractivity contribution in [2.45, 2.75) is 13.0 Å². The lowest BCUT2D eigenvalue weighted by atomic mass is 9.99. The van der Waals surface area contributed by atoms with Crippen LogP contribution in [0.5, 0.6) is 0 Å². The second-order valence-corrected chi connectivity index (χ2v) is 10.8. The second-order valence-electron chi connectivity index (χ2n) is 8.40. The molecule has 35 heavy (non-hydrogen) atoms. The molecular weight excluding hydrogens is 543 g/mol. The molecule has 0 saturated carbocycles. The van der Waals surface area contributed by atoms with Crippen LogP contribution in [-0.4, -0.2) is 51.7 Å². The van der Waals surface area contributed by atoms with Gasteiger partial charge in [0.05, 0.1) is 21.4 Å². The Kier molecular flexibility index (Phi) is 7.07. The second kappa shape index (κ2) is 10.2. The van der Waals surface area contributed by atoms with Gasteiger partial charge >= 0.3 is 0 Å². The number of anilines is 5. The standard InChI is InChI=1S/C24H26BrN8PS/c1-32-9-6-14-11-20(34)19(10-15(14)13-32)30-24-28-12-16(25)23(31-24)29-18-5-4-17-21(27-8-7-26-17)22(18)33(2)35-3/h4-5,7-8,10-12H,6,9,13,34H2,1-3H3,(H2,28,29,30,31). The van der Waals surface area contributed by atoms with Crippen molar-refractivity contribution >= 4 is 82.3 Å². The zero-order valence-corrected chi connectivity index (χ0v) is 23.3. The number of benzene rings is 2. The van der Waals surface area contributed by atoms with Crippen molar-refractivity contribution in [3.63, 3.8) is 0 Å². The topological polar surface area (TPSA) is 82.1 Å². The lowest BCUT2D eigenvalue weighted by Crippen LogP contribution is -2.27. The van der Waals surface area contributed by atoms with Crippen LogP contribution < -0.4 is 20.2 Å². The fourth-order valence-electron chi connectivity index (χ4n) is 4.17.